The summed E-state index contributed by atoms with van der Waals surface area (Å²) in [7, 11) is 4.37. The van der Waals surface area contributed by atoms with Gasteiger partial charge in [0.15, 0.2) is 5.96 Å². The van der Waals surface area contributed by atoms with Crippen LogP contribution in [0.25, 0.3) is 0 Å². The lowest BCUT2D eigenvalue weighted by Gasteiger charge is -2.35. The molecule has 0 aliphatic carbocycles. The van der Waals surface area contributed by atoms with Gasteiger partial charge in [-0.05, 0) is 58.8 Å². The number of hydrogen-bond acceptors (Lipinski definition) is 3. The van der Waals surface area contributed by atoms with E-state index in [9.17, 15) is 0 Å². The fourth-order valence-corrected chi connectivity index (χ4v) is 3.30. The first-order valence-corrected chi connectivity index (χ1v) is 8.50. The number of guanidine groups is 1. The van der Waals surface area contributed by atoms with Crippen LogP contribution in [0, 0.1) is 5.92 Å². The second-order valence-electron chi connectivity index (χ2n) is 6.95. The zero-order chi connectivity index (χ0) is 15.2. The maximum atomic E-state index is 6.12. The SMILES string of the molecule is CC1CCN(C(N)=NCCN2CCC(N(C)C)CC2)CC1. The predicted molar refractivity (Wildman–Crippen MR) is 89.6 cm³/mol. The Bertz CT molecular complexity index is 326. The third kappa shape index (κ3) is 5.15. The molecule has 0 atom stereocenters. The summed E-state index contributed by atoms with van der Waals surface area (Å²) in [5.41, 5.74) is 6.12. The molecule has 122 valence electrons. The molecule has 0 aromatic carbocycles. The van der Waals surface area contributed by atoms with Crippen LogP contribution in [0.4, 0.5) is 0 Å². The van der Waals surface area contributed by atoms with Gasteiger partial charge in [0.25, 0.3) is 0 Å². The molecule has 5 heteroatoms. The molecule has 0 unspecified atom stereocenters. The van der Waals surface area contributed by atoms with Crippen LogP contribution in [0.15, 0.2) is 4.99 Å². The number of nitrogens with zero attached hydrogens (tertiary/aromatic N) is 4. The minimum atomic E-state index is 0.755. The predicted octanol–water partition coefficient (Wildman–Crippen LogP) is 1.06. The third-order valence-electron chi connectivity index (χ3n) is 5.09. The highest BCUT2D eigenvalue weighted by atomic mass is 15.3. The minimum absolute atomic E-state index is 0.755. The van der Waals surface area contributed by atoms with Crippen molar-refractivity contribution in [2.24, 2.45) is 16.6 Å². The molecular formula is C16H33N5. The molecule has 21 heavy (non-hydrogen) atoms. The summed E-state index contributed by atoms with van der Waals surface area (Å²) in [6, 6.07) is 0.755. The molecule has 2 heterocycles. The van der Waals surface area contributed by atoms with Gasteiger partial charge >= 0.3 is 0 Å². The summed E-state index contributed by atoms with van der Waals surface area (Å²) in [6.45, 7) is 8.74. The number of nitrogens with two attached hydrogens (primary N) is 1. The van der Waals surface area contributed by atoms with Crippen LogP contribution in [0.5, 0.6) is 0 Å². The van der Waals surface area contributed by atoms with Crippen molar-refractivity contribution >= 4 is 5.96 Å². The quantitative estimate of drug-likeness (QED) is 0.622. The zero-order valence-electron chi connectivity index (χ0n) is 14.1. The summed E-state index contributed by atoms with van der Waals surface area (Å²) in [5.74, 6) is 1.59. The van der Waals surface area contributed by atoms with Gasteiger partial charge in [0, 0.05) is 25.7 Å². The number of hydrogen-bond donors (Lipinski definition) is 1. The first-order chi connectivity index (χ1) is 10.1. The molecule has 0 aromatic rings. The van der Waals surface area contributed by atoms with Gasteiger partial charge in [-0.1, -0.05) is 6.92 Å². The van der Waals surface area contributed by atoms with E-state index < -0.39 is 0 Å². The Kier molecular flexibility index (Phi) is 6.30. The second-order valence-corrected chi connectivity index (χ2v) is 6.95. The molecule has 0 amide bonds. The number of likely N-dealkylation sites (tertiary alicyclic amines) is 2. The van der Waals surface area contributed by atoms with Crippen LogP contribution in [0.2, 0.25) is 0 Å². The Labute approximate surface area is 130 Å². The van der Waals surface area contributed by atoms with Crippen molar-refractivity contribution in [2.75, 3.05) is 53.4 Å². The lowest BCUT2D eigenvalue weighted by molar-refractivity contribution is 0.148. The molecule has 0 radical (unpaired) electrons. The Morgan fingerprint density at radius 2 is 1.71 bits per heavy atom. The van der Waals surface area contributed by atoms with Crippen molar-refractivity contribution in [3.63, 3.8) is 0 Å². The van der Waals surface area contributed by atoms with E-state index in [1.54, 1.807) is 0 Å². The maximum absolute atomic E-state index is 6.12. The third-order valence-corrected chi connectivity index (χ3v) is 5.09. The Balaban J connectivity index is 1.66. The van der Waals surface area contributed by atoms with E-state index in [0.29, 0.717) is 0 Å². The fraction of sp³-hybridized carbons (Fsp3) is 0.938. The topological polar surface area (TPSA) is 48.1 Å². The summed E-state index contributed by atoms with van der Waals surface area (Å²) in [6.07, 6.45) is 5.04. The van der Waals surface area contributed by atoms with Crippen LogP contribution in [-0.2, 0) is 0 Å². The van der Waals surface area contributed by atoms with Crippen LogP contribution < -0.4 is 5.73 Å². The standard InChI is InChI=1S/C16H33N5/c1-14-4-11-21(12-5-14)16(17)18-8-13-20-9-6-15(7-10-20)19(2)3/h14-15H,4-13H2,1-3H3,(H2,17,18). The molecule has 0 bridgehead atoms. The minimum Gasteiger partial charge on any atom is -0.370 e. The summed E-state index contributed by atoms with van der Waals surface area (Å²) in [5, 5.41) is 0. The van der Waals surface area contributed by atoms with Crippen molar-refractivity contribution in [1.82, 2.24) is 14.7 Å². The smallest absolute Gasteiger partial charge is 0.191 e. The summed E-state index contributed by atoms with van der Waals surface area (Å²) in [4.78, 5) is 11.7. The average Bonchev–Trinajstić information content (AvgIpc) is 2.48. The van der Waals surface area contributed by atoms with Gasteiger partial charge in [0.05, 0.1) is 6.54 Å². The van der Waals surface area contributed by atoms with Crippen molar-refractivity contribution in [1.29, 1.82) is 0 Å². The van der Waals surface area contributed by atoms with E-state index >= 15 is 0 Å². The molecular weight excluding hydrogens is 262 g/mol. The number of piperidine rings is 2. The van der Waals surface area contributed by atoms with Gasteiger partial charge in [-0.15, -0.1) is 0 Å². The molecule has 0 spiro atoms. The van der Waals surface area contributed by atoms with Gasteiger partial charge < -0.3 is 20.4 Å². The summed E-state index contributed by atoms with van der Waals surface area (Å²) >= 11 is 0. The lowest BCUT2D eigenvalue weighted by atomic mass is 10.00. The van der Waals surface area contributed by atoms with Crippen molar-refractivity contribution in [3.8, 4) is 0 Å². The number of rotatable bonds is 4. The van der Waals surface area contributed by atoms with Crippen molar-refractivity contribution in [2.45, 2.75) is 38.6 Å². The second kappa shape index (κ2) is 7.99. The monoisotopic (exact) mass is 295 g/mol. The first-order valence-electron chi connectivity index (χ1n) is 8.50. The van der Waals surface area contributed by atoms with E-state index in [4.69, 9.17) is 5.73 Å². The summed E-state index contributed by atoms with van der Waals surface area (Å²) < 4.78 is 0. The van der Waals surface area contributed by atoms with Gasteiger partial charge in [-0.25, -0.2) is 0 Å². The van der Waals surface area contributed by atoms with Gasteiger partial charge in [-0.3, -0.25) is 4.99 Å². The average molecular weight is 295 g/mol. The van der Waals surface area contributed by atoms with Crippen LogP contribution >= 0.6 is 0 Å². The fourth-order valence-electron chi connectivity index (χ4n) is 3.30. The Hall–Kier alpha value is -0.810. The molecule has 2 N–H and O–H groups in total. The molecule has 5 nitrogen and oxygen atoms in total. The van der Waals surface area contributed by atoms with Crippen molar-refractivity contribution < 1.29 is 0 Å². The van der Waals surface area contributed by atoms with E-state index in [1.165, 1.54) is 38.8 Å². The van der Waals surface area contributed by atoms with Gasteiger partial charge in [0.1, 0.15) is 0 Å². The maximum Gasteiger partial charge on any atom is 0.191 e. The Morgan fingerprint density at radius 3 is 2.29 bits per heavy atom. The molecule has 2 aliphatic heterocycles. The molecule has 2 saturated heterocycles. The van der Waals surface area contributed by atoms with Crippen LogP contribution in [-0.4, -0.2) is 80.1 Å². The molecule has 2 aliphatic rings. The zero-order valence-corrected chi connectivity index (χ0v) is 14.1. The van der Waals surface area contributed by atoms with Crippen LogP contribution in [0.3, 0.4) is 0 Å². The van der Waals surface area contributed by atoms with Crippen LogP contribution in [0.1, 0.15) is 32.6 Å². The van der Waals surface area contributed by atoms with E-state index in [1.807, 2.05) is 0 Å². The first kappa shape index (κ1) is 16.6. The van der Waals surface area contributed by atoms with E-state index in [-0.39, 0.29) is 0 Å². The van der Waals surface area contributed by atoms with E-state index in [0.717, 1.165) is 44.1 Å². The largest absolute Gasteiger partial charge is 0.370 e. The number of aliphatic imine (C=N–C) groups is 1. The molecule has 0 saturated carbocycles. The van der Waals surface area contributed by atoms with Crippen molar-refractivity contribution in [3.05, 3.63) is 0 Å². The molecule has 2 fully saturated rings. The highest BCUT2D eigenvalue weighted by Crippen LogP contribution is 2.16. The molecule has 2 rings (SSSR count). The van der Waals surface area contributed by atoms with E-state index in [2.05, 4.69) is 40.7 Å². The highest BCUT2D eigenvalue weighted by Gasteiger charge is 2.20. The lowest BCUT2D eigenvalue weighted by Crippen LogP contribution is -2.44. The Morgan fingerprint density at radius 1 is 1.10 bits per heavy atom. The van der Waals surface area contributed by atoms with Gasteiger partial charge in [-0.2, -0.15) is 0 Å². The molecule has 0 aromatic heterocycles. The van der Waals surface area contributed by atoms with Gasteiger partial charge in [0.2, 0.25) is 0 Å². The highest BCUT2D eigenvalue weighted by molar-refractivity contribution is 5.78. The normalized spacial score (nSPS) is 24.0.